The van der Waals surface area contributed by atoms with E-state index in [2.05, 4.69) is 25.3 Å². The first-order valence-corrected chi connectivity index (χ1v) is 11.7. The Morgan fingerprint density at radius 2 is 1.86 bits per heavy atom. The molecule has 9 nitrogen and oxygen atoms in total. The minimum atomic E-state index is -0.907. The van der Waals surface area contributed by atoms with E-state index in [1.54, 1.807) is 19.2 Å². The second-order valence-corrected chi connectivity index (χ2v) is 9.75. The highest BCUT2D eigenvalue weighted by Gasteiger charge is 2.24. The van der Waals surface area contributed by atoms with Crippen LogP contribution in [0.15, 0.2) is 36.9 Å². The third-order valence-electron chi connectivity index (χ3n) is 6.19. The third kappa shape index (κ3) is 4.41. The van der Waals surface area contributed by atoms with E-state index >= 15 is 0 Å². The molecule has 11 heteroatoms. The molecule has 1 saturated heterocycles. The number of morpholine rings is 1. The lowest BCUT2D eigenvalue weighted by Gasteiger charge is -2.29. The highest BCUT2D eigenvalue weighted by Crippen LogP contribution is 2.32. The van der Waals surface area contributed by atoms with Gasteiger partial charge in [-0.1, -0.05) is 0 Å². The van der Waals surface area contributed by atoms with Gasteiger partial charge >= 0.3 is 0 Å². The number of halogens is 2. The molecule has 0 aliphatic carbocycles. The average Bonchev–Trinajstić information content (AvgIpc) is 3.47. The van der Waals surface area contributed by atoms with Crippen LogP contribution < -0.4 is 10.2 Å². The molecule has 1 amide bonds. The zero-order valence-corrected chi connectivity index (χ0v) is 20.5. The van der Waals surface area contributed by atoms with Gasteiger partial charge in [0.1, 0.15) is 11.4 Å². The number of hydrogen-bond donors (Lipinski definition) is 1. The van der Waals surface area contributed by atoms with E-state index in [4.69, 9.17) is 4.74 Å². The van der Waals surface area contributed by atoms with Crippen LogP contribution in [-0.2, 0) is 10.3 Å². The Hall–Kier alpha value is -3.86. The molecule has 1 aliphatic heterocycles. The van der Waals surface area contributed by atoms with Gasteiger partial charge in [0.2, 0.25) is 11.9 Å². The Morgan fingerprint density at radius 3 is 2.56 bits per heavy atom. The van der Waals surface area contributed by atoms with Crippen LogP contribution in [-0.4, -0.2) is 56.4 Å². The molecule has 0 unspecified atom stereocenters. The van der Waals surface area contributed by atoms with Gasteiger partial charge < -0.3 is 19.4 Å². The summed E-state index contributed by atoms with van der Waals surface area (Å²) in [7, 11) is 0. The average molecular weight is 496 g/mol. The molecule has 0 aromatic carbocycles. The predicted molar refractivity (Wildman–Crippen MR) is 131 cm³/mol. The zero-order chi connectivity index (χ0) is 25.6. The lowest BCUT2D eigenvalue weighted by Crippen LogP contribution is -2.36. The van der Waals surface area contributed by atoms with Crippen molar-refractivity contribution in [2.45, 2.75) is 33.2 Å². The monoisotopic (exact) mass is 495 g/mol. The summed E-state index contributed by atoms with van der Waals surface area (Å²) in [4.78, 5) is 23.4. The number of pyridine rings is 2. The molecule has 188 valence electrons. The predicted octanol–water partition coefficient (Wildman–Crippen LogP) is 4.02. The Morgan fingerprint density at radius 1 is 1.11 bits per heavy atom. The minimum Gasteiger partial charge on any atom is -0.378 e. The van der Waals surface area contributed by atoms with Crippen LogP contribution in [0.25, 0.3) is 16.8 Å². The molecule has 5 heterocycles. The first-order chi connectivity index (χ1) is 17.1. The number of anilines is 2. The molecule has 36 heavy (non-hydrogen) atoms. The van der Waals surface area contributed by atoms with Gasteiger partial charge in [0.25, 0.3) is 5.91 Å². The molecule has 1 aliphatic rings. The smallest absolute Gasteiger partial charge is 0.263 e. The second kappa shape index (κ2) is 8.98. The van der Waals surface area contributed by atoms with E-state index in [1.165, 1.54) is 10.9 Å². The molecular formula is C25H27F2N7O2. The van der Waals surface area contributed by atoms with E-state index in [-0.39, 0.29) is 11.4 Å². The Bertz CT molecular complexity index is 1450. The van der Waals surface area contributed by atoms with Gasteiger partial charge in [-0.15, -0.1) is 5.10 Å². The van der Waals surface area contributed by atoms with Crippen molar-refractivity contribution in [3.05, 3.63) is 59.9 Å². The summed E-state index contributed by atoms with van der Waals surface area (Å²) in [6, 6.07) is 3.54. The Balaban J connectivity index is 1.52. The number of aromatic nitrogens is 5. The maximum atomic E-state index is 14.9. The summed E-state index contributed by atoms with van der Waals surface area (Å²) in [6.45, 7) is 9.79. The Kier molecular flexibility index (Phi) is 5.95. The van der Waals surface area contributed by atoms with Crippen molar-refractivity contribution in [1.29, 1.82) is 0 Å². The molecule has 0 radical (unpaired) electrons. The van der Waals surface area contributed by atoms with Crippen LogP contribution >= 0.6 is 0 Å². The third-order valence-corrected chi connectivity index (χ3v) is 6.19. The number of hydrogen-bond acceptors (Lipinski definition) is 6. The highest BCUT2D eigenvalue weighted by molar-refractivity contribution is 6.04. The summed E-state index contributed by atoms with van der Waals surface area (Å²) >= 11 is 0. The molecule has 5 rings (SSSR count). The largest absolute Gasteiger partial charge is 0.378 e. The number of rotatable bonds is 4. The molecule has 0 bridgehead atoms. The van der Waals surface area contributed by atoms with Crippen LogP contribution in [0.3, 0.4) is 0 Å². The fraction of sp³-hybridized carbons (Fsp3) is 0.360. The fourth-order valence-electron chi connectivity index (χ4n) is 4.17. The molecule has 1 fully saturated rings. The minimum absolute atomic E-state index is 0.0281. The van der Waals surface area contributed by atoms with E-state index in [9.17, 15) is 13.6 Å². The van der Waals surface area contributed by atoms with Crippen molar-refractivity contribution in [3.8, 4) is 11.1 Å². The van der Waals surface area contributed by atoms with Crippen LogP contribution in [0, 0.1) is 18.8 Å². The standard InChI is InChI=1S/C25H27F2N7O2/c1-15-17(16-11-19(32-7-9-36-10-8-32)23-28-5-6-33(23)13-16)12-20(29-21(15)26)30-24(35)18-14-34(25(2,3)4)31-22(18)27/h5-6,11-14H,7-10H2,1-4H3,(H,29,30,35). The number of nitrogens with one attached hydrogen (secondary N) is 1. The van der Waals surface area contributed by atoms with Gasteiger partial charge in [0, 0.05) is 49.0 Å². The maximum absolute atomic E-state index is 14.9. The second-order valence-electron chi connectivity index (χ2n) is 9.75. The van der Waals surface area contributed by atoms with Gasteiger partial charge in [-0.2, -0.15) is 8.78 Å². The van der Waals surface area contributed by atoms with Crippen molar-refractivity contribution in [2.24, 2.45) is 0 Å². The van der Waals surface area contributed by atoms with Gasteiger partial charge in [-0.05, 0) is 45.4 Å². The SMILES string of the molecule is Cc1c(-c2cc(N3CCOCC3)c3nccn3c2)cc(NC(=O)c2cn(C(C)(C)C)nc2F)nc1F. The first kappa shape index (κ1) is 23.9. The van der Waals surface area contributed by atoms with E-state index in [1.807, 2.05) is 43.6 Å². The van der Waals surface area contributed by atoms with E-state index in [0.717, 1.165) is 16.9 Å². The van der Waals surface area contributed by atoms with Gasteiger partial charge in [-0.3, -0.25) is 9.48 Å². The number of amides is 1. The topological polar surface area (TPSA) is 89.6 Å². The number of fused-ring (bicyclic) bond motifs is 1. The number of ether oxygens (including phenoxy) is 1. The van der Waals surface area contributed by atoms with Crippen LogP contribution in [0.1, 0.15) is 36.7 Å². The summed E-state index contributed by atoms with van der Waals surface area (Å²) in [6.07, 6.45) is 6.72. The van der Waals surface area contributed by atoms with Crippen molar-refractivity contribution in [3.63, 3.8) is 0 Å². The molecule has 0 spiro atoms. The van der Waals surface area contributed by atoms with Crippen molar-refractivity contribution >= 4 is 23.1 Å². The lowest BCUT2D eigenvalue weighted by molar-refractivity contribution is 0.102. The zero-order valence-electron chi connectivity index (χ0n) is 20.5. The van der Waals surface area contributed by atoms with Crippen molar-refractivity contribution in [1.82, 2.24) is 24.1 Å². The number of nitrogens with zero attached hydrogens (tertiary/aromatic N) is 6. The summed E-state index contributed by atoms with van der Waals surface area (Å²) in [5.41, 5.74) is 2.53. The normalized spacial score (nSPS) is 14.4. The molecule has 0 saturated carbocycles. The van der Waals surface area contributed by atoms with Gasteiger partial charge in [0.15, 0.2) is 5.65 Å². The highest BCUT2D eigenvalue weighted by atomic mass is 19.1. The molecule has 1 N–H and O–H groups in total. The first-order valence-electron chi connectivity index (χ1n) is 11.7. The number of imidazole rings is 1. The number of carbonyl (C=O) groups excluding carboxylic acids is 1. The Labute approximate surface area is 206 Å². The maximum Gasteiger partial charge on any atom is 0.263 e. The summed E-state index contributed by atoms with van der Waals surface area (Å²) in [5.74, 6) is -2.42. The molecule has 0 atom stereocenters. The van der Waals surface area contributed by atoms with Crippen LogP contribution in [0.2, 0.25) is 0 Å². The molecule has 4 aromatic rings. The van der Waals surface area contributed by atoms with E-state index in [0.29, 0.717) is 37.4 Å². The summed E-state index contributed by atoms with van der Waals surface area (Å²) < 4.78 is 38.1. The van der Waals surface area contributed by atoms with Crippen LogP contribution in [0.4, 0.5) is 20.3 Å². The van der Waals surface area contributed by atoms with Crippen molar-refractivity contribution < 1.29 is 18.3 Å². The van der Waals surface area contributed by atoms with E-state index < -0.39 is 23.3 Å². The fourth-order valence-corrected chi connectivity index (χ4v) is 4.17. The van der Waals surface area contributed by atoms with Gasteiger partial charge in [-0.25, -0.2) is 9.97 Å². The lowest BCUT2D eigenvalue weighted by atomic mass is 10.0. The van der Waals surface area contributed by atoms with Crippen LogP contribution in [0.5, 0.6) is 0 Å². The molecular weight excluding hydrogens is 468 g/mol. The summed E-state index contributed by atoms with van der Waals surface area (Å²) in [5, 5.41) is 6.31. The van der Waals surface area contributed by atoms with Gasteiger partial charge in [0.05, 0.1) is 24.4 Å². The van der Waals surface area contributed by atoms with Crippen molar-refractivity contribution in [2.75, 3.05) is 36.5 Å². The molecule has 4 aromatic heterocycles. The quantitative estimate of drug-likeness (QED) is 0.430. The number of carbonyl (C=O) groups is 1.